The average Bonchev–Trinajstić information content (AvgIpc) is 2.80. The normalized spacial score (nSPS) is 18.4. The maximum Gasteiger partial charge on any atom is 0.223 e. The largest absolute Gasteiger partial charge is 0.382 e. The molecule has 1 atom stereocenters. The van der Waals surface area contributed by atoms with Crippen LogP contribution in [0.15, 0.2) is 5.11 Å². The number of rotatable bonds is 11. The fourth-order valence-electron chi connectivity index (χ4n) is 1.98. The lowest BCUT2D eigenvalue weighted by molar-refractivity contribution is -0.128. The van der Waals surface area contributed by atoms with Gasteiger partial charge in [-0.05, 0) is 11.4 Å². The summed E-state index contributed by atoms with van der Waals surface area (Å²) in [4.78, 5) is 16.2. The van der Waals surface area contributed by atoms with Gasteiger partial charge in [-0.25, -0.2) is 0 Å². The number of carbonyl (C=O) groups is 1. The smallest absolute Gasteiger partial charge is 0.223 e. The summed E-state index contributed by atoms with van der Waals surface area (Å²) in [6.45, 7) is 4.26. The number of hydrogen-bond acceptors (Lipinski definition) is 5. The highest BCUT2D eigenvalue weighted by molar-refractivity contribution is 5.78. The first kappa shape index (κ1) is 16.7. The van der Waals surface area contributed by atoms with Gasteiger partial charge < -0.3 is 19.1 Å². The number of amides is 1. The van der Waals surface area contributed by atoms with Crippen LogP contribution in [0.5, 0.6) is 0 Å². The fraction of sp³-hybridized carbons (Fsp3) is 0.917. The molecule has 1 heterocycles. The molecule has 20 heavy (non-hydrogen) atoms. The van der Waals surface area contributed by atoms with Gasteiger partial charge in [-0.3, -0.25) is 4.79 Å². The van der Waals surface area contributed by atoms with Gasteiger partial charge in [0.05, 0.1) is 33.0 Å². The van der Waals surface area contributed by atoms with E-state index in [1.807, 2.05) is 0 Å². The van der Waals surface area contributed by atoms with Gasteiger partial charge >= 0.3 is 0 Å². The van der Waals surface area contributed by atoms with Crippen molar-refractivity contribution < 1.29 is 19.0 Å². The van der Waals surface area contributed by atoms with Crippen molar-refractivity contribution >= 4 is 5.91 Å². The van der Waals surface area contributed by atoms with Crippen molar-refractivity contribution in [2.75, 3.05) is 59.8 Å². The molecular weight excluding hydrogens is 264 g/mol. The van der Waals surface area contributed by atoms with E-state index in [9.17, 15) is 4.79 Å². The maximum atomic E-state index is 11.7. The van der Waals surface area contributed by atoms with Crippen LogP contribution in [0.25, 0.3) is 10.4 Å². The third-order valence-electron chi connectivity index (χ3n) is 3.01. The SMILES string of the molecule is COCCOCCOCCN1CC(CN=[N+]=[N-])CC1=O. The van der Waals surface area contributed by atoms with E-state index < -0.39 is 0 Å². The second-order valence-corrected chi connectivity index (χ2v) is 4.54. The number of hydrogen-bond donors (Lipinski definition) is 0. The summed E-state index contributed by atoms with van der Waals surface area (Å²) >= 11 is 0. The highest BCUT2D eigenvalue weighted by Crippen LogP contribution is 2.17. The van der Waals surface area contributed by atoms with Crippen molar-refractivity contribution in [3.8, 4) is 0 Å². The van der Waals surface area contributed by atoms with Crippen LogP contribution in [0.2, 0.25) is 0 Å². The molecule has 0 aliphatic carbocycles. The maximum absolute atomic E-state index is 11.7. The molecular formula is C12H22N4O4. The molecule has 0 radical (unpaired) electrons. The molecule has 0 aromatic carbocycles. The van der Waals surface area contributed by atoms with Crippen molar-refractivity contribution in [2.24, 2.45) is 11.0 Å². The quantitative estimate of drug-likeness (QED) is 0.243. The lowest BCUT2D eigenvalue weighted by Gasteiger charge is -2.16. The van der Waals surface area contributed by atoms with Gasteiger partial charge in [-0.2, -0.15) is 0 Å². The van der Waals surface area contributed by atoms with Crippen LogP contribution in [-0.2, 0) is 19.0 Å². The first-order valence-corrected chi connectivity index (χ1v) is 6.71. The minimum atomic E-state index is 0.100. The molecule has 0 aromatic heterocycles. The molecule has 8 heteroatoms. The molecule has 114 valence electrons. The van der Waals surface area contributed by atoms with E-state index >= 15 is 0 Å². The molecule has 1 aliphatic heterocycles. The van der Waals surface area contributed by atoms with Crippen LogP contribution in [0.4, 0.5) is 0 Å². The molecule has 1 amide bonds. The average molecular weight is 286 g/mol. The summed E-state index contributed by atoms with van der Waals surface area (Å²) in [7, 11) is 1.63. The second kappa shape index (κ2) is 10.4. The van der Waals surface area contributed by atoms with Gasteiger partial charge in [0.1, 0.15) is 0 Å². The van der Waals surface area contributed by atoms with E-state index in [-0.39, 0.29) is 11.8 Å². The zero-order valence-electron chi connectivity index (χ0n) is 11.9. The lowest BCUT2D eigenvalue weighted by atomic mass is 10.1. The summed E-state index contributed by atoms with van der Waals surface area (Å²) in [5.74, 6) is 0.235. The van der Waals surface area contributed by atoms with Crippen LogP contribution in [0, 0.1) is 5.92 Å². The zero-order valence-corrected chi connectivity index (χ0v) is 11.9. The Morgan fingerprint density at radius 1 is 1.30 bits per heavy atom. The summed E-state index contributed by atoms with van der Waals surface area (Å²) in [5, 5.41) is 3.51. The Kier molecular flexibility index (Phi) is 8.73. The van der Waals surface area contributed by atoms with Crippen molar-refractivity contribution in [1.82, 2.24) is 4.90 Å². The molecule has 1 fully saturated rings. The predicted octanol–water partition coefficient (Wildman–Crippen LogP) is 0.825. The Morgan fingerprint density at radius 3 is 2.70 bits per heavy atom. The first-order chi connectivity index (χ1) is 9.77. The van der Waals surface area contributed by atoms with E-state index in [0.717, 1.165) is 0 Å². The molecule has 1 aliphatic rings. The summed E-state index contributed by atoms with van der Waals surface area (Å²) in [5.41, 5.74) is 8.26. The fourth-order valence-corrected chi connectivity index (χ4v) is 1.98. The molecule has 0 spiro atoms. The molecule has 1 unspecified atom stereocenters. The van der Waals surface area contributed by atoms with Crippen LogP contribution < -0.4 is 0 Å². The first-order valence-electron chi connectivity index (χ1n) is 6.71. The summed E-state index contributed by atoms with van der Waals surface area (Å²) < 4.78 is 15.5. The number of ether oxygens (including phenoxy) is 3. The van der Waals surface area contributed by atoms with Crippen LogP contribution in [0.3, 0.4) is 0 Å². The molecule has 0 saturated carbocycles. The van der Waals surface area contributed by atoms with Crippen molar-refractivity contribution in [2.45, 2.75) is 6.42 Å². The topological polar surface area (TPSA) is 96.8 Å². The summed E-state index contributed by atoms with van der Waals surface area (Å²) in [6, 6.07) is 0. The van der Waals surface area contributed by atoms with Gasteiger partial charge in [0, 0.05) is 38.1 Å². The lowest BCUT2D eigenvalue weighted by Crippen LogP contribution is -2.29. The Labute approximate surface area is 118 Å². The minimum Gasteiger partial charge on any atom is -0.382 e. The Bertz CT molecular complexity index is 333. The zero-order chi connectivity index (χ0) is 14.6. The van der Waals surface area contributed by atoms with Crippen LogP contribution >= 0.6 is 0 Å². The van der Waals surface area contributed by atoms with E-state index in [1.165, 1.54) is 0 Å². The molecule has 0 bridgehead atoms. The molecule has 0 N–H and O–H groups in total. The van der Waals surface area contributed by atoms with Crippen LogP contribution in [-0.4, -0.2) is 70.6 Å². The highest BCUT2D eigenvalue weighted by atomic mass is 16.5. The van der Waals surface area contributed by atoms with Crippen LogP contribution in [0.1, 0.15) is 6.42 Å². The van der Waals surface area contributed by atoms with E-state index in [0.29, 0.717) is 59.1 Å². The third-order valence-corrected chi connectivity index (χ3v) is 3.01. The van der Waals surface area contributed by atoms with Gasteiger partial charge in [-0.1, -0.05) is 5.11 Å². The second-order valence-electron chi connectivity index (χ2n) is 4.54. The summed E-state index contributed by atoms with van der Waals surface area (Å²) in [6.07, 6.45) is 0.457. The predicted molar refractivity (Wildman–Crippen MR) is 72.2 cm³/mol. The highest BCUT2D eigenvalue weighted by Gasteiger charge is 2.28. The molecule has 8 nitrogen and oxygen atoms in total. The van der Waals surface area contributed by atoms with Gasteiger partial charge in [-0.15, -0.1) is 0 Å². The van der Waals surface area contributed by atoms with E-state index in [2.05, 4.69) is 10.0 Å². The van der Waals surface area contributed by atoms with E-state index in [1.54, 1.807) is 12.0 Å². The van der Waals surface area contributed by atoms with Gasteiger partial charge in [0.25, 0.3) is 0 Å². The van der Waals surface area contributed by atoms with Gasteiger partial charge in [0.15, 0.2) is 0 Å². The number of azide groups is 1. The standard InChI is InChI=1S/C12H22N4O4/c1-18-4-5-20-7-6-19-3-2-16-10-11(8-12(16)17)9-14-15-13/h11H,2-10H2,1H3. The molecule has 0 aromatic rings. The van der Waals surface area contributed by atoms with Crippen molar-refractivity contribution in [3.63, 3.8) is 0 Å². The Hall–Kier alpha value is -1.34. The number of carbonyl (C=O) groups excluding carboxylic acids is 1. The molecule has 1 rings (SSSR count). The Balaban J connectivity index is 2.01. The molecule has 1 saturated heterocycles. The number of likely N-dealkylation sites (tertiary alicyclic amines) is 1. The number of methoxy groups -OCH3 is 1. The van der Waals surface area contributed by atoms with E-state index in [4.69, 9.17) is 19.7 Å². The van der Waals surface area contributed by atoms with Crippen molar-refractivity contribution in [1.29, 1.82) is 0 Å². The number of nitrogens with zero attached hydrogens (tertiary/aromatic N) is 4. The Morgan fingerprint density at radius 2 is 2.00 bits per heavy atom. The van der Waals surface area contributed by atoms with Gasteiger partial charge in [0.2, 0.25) is 5.91 Å². The monoisotopic (exact) mass is 286 g/mol. The minimum absolute atomic E-state index is 0.100. The van der Waals surface area contributed by atoms with Crippen molar-refractivity contribution in [3.05, 3.63) is 10.4 Å². The third kappa shape index (κ3) is 6.72.